The summed E-state index contributed by atoms with van der Waals surface area (Å²) in [5, 5.41) is 3.67. The molecule has 0 amide bonds. The summed E-state index contributed by atoms with van der Waals surface area (Å²) < 4.78 is 11.4. The Bertz CT molecular complexity index is 709. The van der Waals surface area contributed by atoms with E-state index in [1.807, 2.05) is 13.0 Å². The average Bonchev–Trinajstić information content (AvgIpc) is 2.57. The molecule has 2 aromatic rings. The molecule has 3 heteroatoms. The van der Waals surface area contributed by atoms with Crippen LogP contribution in [0.4, 0.5) is 0 Å². The predicted octanol–water partition coefficient (Wildman–Crippen LogP) is 3.95. The number of rotatable bonds is 4. The minimum absolute atomic E-state index is 0.212. The van der Waals surface area contributed by atoms with Crippen LogP contribution in [0.2, 0.25) is 0 Å². The molecule has 1 unspecified atom stereocenters. The fourth-order valence-electron chi connectivity index (χ4n) is 3.41. The lowest BCUT2D eigenvalue weighted by Crippen LogP contribution is -2.31. The molecule has 3 rings (SSSR count). The molecule has 0 radical (unpaired) electrons. The molecule has 0 aliphatic carbocycles. The molecule has 0 saturated heterocycles. The van der Waals surface area contributed by atoms with E-state index in [4.69, 9.17) is 9.47 Å². The zero-order chi connectivity index (χ0) is 16.4. The second-order valence-corrected chi connectivity index (χ2v) is 6.09. The zero-order valence-corrected chi connectivity index (χ0v) is 14.4. The lowest BCUT2D eigenvalue weighted by molar-refractivity contribution is 0.305. The van der Waals surface area contributed by atoms with Gasteiger partial charge in [0.05, 0.1) is 19.8 Å². The molecule has 1 aliphatic rings. The number of aryl methyl sites for hydroxylation is 2. The predicted molar refractivity (Wildman–Crippen MR) is 93.6 cm³/mol. The summed E-state index contributed by atoms with van der Waals surface area (Å²) >= 11 is 0. The molecule has 23 heavy (non-hydrogen) atoms. The zero-order valence-electron chi connectivity index (χ0n) is 14.4. The van der Waals surface area contributed by atoms with Gasteiger partial charge in [-0.1, -0.05) is 29.8 Å². The van der Waals surface area contributed by atoms with Gasteiger partial charge in [-0.05, 0) is 49.9 Å². The highest BCUT2D eigenvalue weighted by Gasteiger charge is 2.26. The van der Waals surface area contributed by atoms with Gasteiger partial charge in [0.15, 0.2) is 11.5 Å². The van der Waals surface area contributed by atoms with Crippen molar-refractivity contribution in [3.05, 3.63) is 58.1 Å². The summed E-state index contributed by atoms with van der Waals surface area (Å²) in [6.07, 6.45) is 0.962. The van der Waals surface area contributed by atoms with Crippen molar-refractivity contribution < 1.29 is 9.47 Å². The van der Waals surface area contributed by atoms with E-state index >= 15 is 0 Å². The number of benzene rings is 2. The molecule has 0 bridgehead atoms. The van der Waals surface area contributed by atoms with Crippen LogP contribution in [0.5, 0.6) is 11.5 Å². The molecular weight excluding hydrogens is 286 g/mol. The summed E-state index contributed by atoms with van der Waals surface area (Å²) in [5.41, 5.74) is 6.52. The van der Waals surface area contributed by atoms with E-state index in [0.717, 1.165) is 24.5 Å². The minimum atomic E-state index is 0.212. The molecular formula is C20H25NO2. The van der Waals surface area contributed by atoms with Crippen LogP contribution in [0.15, 0.2) is 30.3 Å². The van der Waals surface area contributed by atoms with E-state index in [1.54, 1.807) is 7.11 Å². The third kappa shape index (κ3) is 2.93. The van der Waals surface area contributed by atoms with Crippen molar-refractivity contribution in [1.29, 1.82) is 0 Å². The van der Waals surface area contributed by atoms with Crippen LogP contribution in [0.1, 0.15) is 40.8 Å². The fraction of sp³-hybridized carbons (Fsp3) is 0.400. The summed E-state index contributed by atoms with van der Waals surface area (Å²) in [4.78, 5) is 0. The van der Waals surface area contributed by atoms with Crippen molar-refractivity contribution in [3.63, 3.8) is 0 Å². The van der Waals surface area contributed by atoms with Gasteiger partial charge in [0.2, 0.25) is 0 Å². The Hall–Kier alpha value is -2.00. The normalized spacial score (nSPS) is 16.8. The largest absolute Gasteiger partial charge is 0.493 e. The van der Waals surface area contributed by atoms with E-state index in [2.05, 4.69) is 43.4 Å². The van der Waals surface area contributed by atoms with Gasteiger partial charge < -0.3 is 14.8 Å². The third-order valence-corrected chi connectivity index (χ3v) is 4.55. The fourth-order valence-corrected chi connectivity index (χ4v) is 3.41. The van der Waals surface area contributed by atoms with Crippen LogP contribution < -0.4 is 14.8 Å². The monoisotopic (exact) mass is 311 g/mol. The van der Waals surface area contributed by atoms with Gasteiger partial charge in [-0.25, -0.2) is 0 Å². The number of ether oxygens (including phenoxy) is 2. The van der Waals surface area contributed by atoms with Gasteiger partial charge in [-0.3, -0.25) is 0 Å². The Morgan fingerprint density at radius 2 is 1.96 bits per heavy atom. The first-order valence-corrected chi connectivity index (χ1v) is 8.28. The number of nitrogens with one attached hydrogen (secondary N) is 1. The maximum Gasteiger partial charge on any atom is 0.164 e. The van der Waals surface area contributed by atoms with Gasteiger partial charge in [-0.15, -0.1) is 0 Å². The van der Waals surface area contributed by atoms with Crippen LogP contribution in [-0.2, 0) is 6.42 Å². The maximum atomic E-state index is 5.91. The van der Waals surface area contributed by atoms with Crippen LogP contribution in [0.25, 0.3) is 0 Å². The highest BCUT2D eigenvalue weighted by Crippen LogP contribution is 2.40. The molecule has 122 valence electrons. The van der Waals surface area contributed by atoms with Gasteiger partial charge in [0, 0.05) is 12.1 Å². The van der Waals surface area contributed by atoms with Gasteiger partial charge >= 0.3 is 0 Å². The van der Waals surface area contributed by atoms with Crippen molar-refractivity contribution in [2.24, 2.45) is 0 Å². The highest BCUT2D eigenvalue weighted by atomic mass is 16.5. The van der Waals surface area contributed by atoms with Crippen molar-refractivity contribution in [2.45, 2.75) is 33.2 Å². The van der Waals surface area contributed by atoms with Crippen molar-refractivity contribution in [1.82, 2.24) is 5.32 Å². The SMILES string of the molecule is CCOc1c(OC)ccc2c1CCNC2c1cc(C)ccc1C. The molecule has 2 aromatic carbocycles. The quantitative estimate of drug-likeness (QED) is 0.927. The highest BCUT2D eigenvalue weighted by molar-refractivity contribution is 5.55. The second-order valence-electron chi connectivity index (χ2n) is 6.09. The Morgan fingerprint density at radius 3 is 2.70 bits per heavy atom. The summed E-state index contributed by atoms with van der Waals surface area (Å²) in [6, 6.07) is 11.1. The van der Waals surface area contributed by atoms with E-state index in [0.29, 0.717) is 6.61 Å². The van der Waals surface area contributed by atoms with E-state index in [9.17, 15) is 0 Å². The van der Waals surface area contributed by atoms with Crippen LogP contribution >= 0.6 is 0 Å². The molecule has 1 aliphatic heterocycles. The molecule has 0 saturated carbocycles. The van der Waals surface area contributed by atoms with Gasteiger partial charge in [0.25, 0.3) is 0 Å². The van der Waals surface area contributed by atoms with Crippen LogP contribution in [0, 0.1) is 13.8 Å². The van der Waals surface area contributed by atoms with Gasteiger partial charge in [0.1, 0.15) is 0 Å². The standard InChI is InChI=1S/C20H25NO2/c1-5-23-20-16-10-11-21-19(15(16)8-9-18(20)22-4)17-12-13(2)6-7-14(17)3/h6-9,12,19,21H,5,10-11H2,1-4H3. The Balaban J connectivity index is 2.12. The third-order valence-electron chi connectivity index (χ3n) is 4.55. The summed E-state index contributed by atoms with van der Waals surface area (Å²) in [6.45, 7) is 7.93. The van der Waals surface area contributed by atoms with E-state index < -0.39 is 0 Å². The van der Waals surface area contributed by atoms with Crippen molar-refractivity contribution in [3.8, 4) is 11.5 Å². The first-order chi connectivity index (χ1) is 11.2. The average molecular weight is 311 g/mol. The topological polar surface area (TPSA) is 30.5 Å². The second kappa shape index (κ2) is 6.63. The summed E-state index contributed by atoms with van der Waals surface area (Å²) in [7, 11) is 1.70. The lowest BCUT2D eigenvalue weighted by Gasteiger charge is -2.30. The number of hydrogen-bond donors (Lipinski definition) is 1. The smallest absolute Gasteiger partial charge is 0.164 e. The van der Waals surface area contributed by atoms with E-state index in [1.165, 1.54) is 27.8 Å². The maximum absolute atomic E-state index is 5.91. The minimum Gasteiger partial charge on any atom is -0.493 e. The molecule has 1 heterocycles. The first-order valence-electron chi connectivity index (χ1n) is 8.28. The Kier molecular flexibility index (Phi) is 4.58. The summed E-state index contributed by atoms with van der Waals surface area (Å²) in [5.74, 6) is 1.73. The Labute approximate surface area is 138 Å². The molecule has 0 spiro atoms. The van der Waals surface area contributed by atoms with E-state index in [-0.39, 0.29) is 6.04 Å². The first kappa shape index (κ1) is 15.9. The molecule has 3 nitrogen and oxygen atoms in total. The number of methoxy groups -OCH3 is 1. The van der Waals surface area contributed by atoms with Crippen molar-refractivity contribution in [2.75, 3.05) is 20.3 Å². The van der Waals surface area contributed by atoms with Crippen LogP contribution in [-0.4, -0.2) is 20.3 Å². The van der Waals surface area contributed by atoms with Crippen molar-refractivity contribution >= 4 is 0 Å². The number of fused-ring (bicyclic) bond motifs is 1. The number of hydrogen-bond acceptors (Lipinski definition) is 3. The Morgan fingerprint density at radius 1 is 1.13 bits per heavy atom. The molecule has 0 fully saturated rings. The molecule has 0 aromatic heterocycles. The lowest BCUT2D eigenvalue weighted by atomic mass is 9.86. The van der Waals surface area contributed by atoms with Gasteiger partial charge in [-0.2, -0.15) is 0 Å². The molecule has 1 N–H and O–H groups in total. The van der Waals surface area contributed by atoms with Crippen LogP contribution in [0.3, 0.4) is 0 Å². The molecule has 1 atom stereocenters.